The number of benzene rings is 4. The number of nitrogens with one attached hydrogen (secondary N) is 1. The summed E-state index contributed by atoms with van der Waals surface area (Å²) >= 11 is 0. The predicted octanol–water partition coefficient (Wildman–Crippen LogP) is 6.06. The number of ether oxygens (including phenoxy) is 2. The van der Waals surface area contributed by atoms with Crippen LogP contribution in [0.1, 0.15) is 32.6 Å². The van der Waals surface area contributed by atoms with E-state index in [1.807, 2.05) is 49.4 Å². The molecule has 0 aliphatic heterocycles. The monoisotopic (exact) mass is 468 g/mol. The van der Waals surface area contributed by atoms with Crippen molar-refractivity contribution in [1.82, 2.24) is 5.43 Å². The molecule has 1 amide bonds. The molecule has 6 heteroatoms. The van der Waals surface area contributed by atoms with Crippen LogP contribution in [0.3, 0.4) is 0 Å². The van der Waals surface area contributed by atoms with Gasteiger partial charge >= 0.3 is 0 Å². The lowest BCUT2D eigenvalue weighted by Crippen LogP contribution is -2.17. The van der Waals surface area contributed by atoms with Crippen molar-refractivity contribution in [2.24, 2.45) is 5.10 Å². The van der Waals surface area contributed by atoms with E-state index in [1.165, 1.54) is 11.6 Å². The van der Waals surface area contributed by atoms with Gasteiger partial charge in [-0.15, -0.1) is 0 Å². The summed E-state index contributed by atoms with van der Waals surface area (Å²) in [6.45, 7) is 2.63. The molecule has 0 aliphatic rings. The number of amides is 1. The number of nitrogens with zero attached hydrogens (tertiary/aromatic N) is 1. The molecule has 0 spiro atoms. The van der Waals surface area contributed by atoms with Gasteiger partial charge in [0.2, 0.25) is 0 Å². The topological polar surface area (TPSA) is 59.9 Å². The Morgan fingerprint density at radius 2 is 1.63 bits per heavy atom. The molecular formula is C29H25FN2O3. The zero-order valence-corrected chi connectivity index (χ0v) is 19.3. The number of hydrazone groups is 1. The average molecular weight is 469 g/mol. The molecular weight excluding hydrogens is 443 g/mol. The maximum absolute atomic E-state index is 13.7. The van der Waals surface area contributed by atoms with E-state index in [1.54, 1.807) is 48.7 Å². The minimum atomic E-state index is -0.353. The second kappa shape index (κ2) is 11.6. The normalized spacial score (nSPS) is 10.8. The number of hydrogen-bond donors (Lipinski definition) is 1. The molecule has 0 aromatic heterocycles. The van der Waals surface area contributed by atoms with Crippen LogP contribution < -0.4 is 14.9 Å². The van der Waals surface area contributed by atoms with Crippen LogP contribution in [-0.2, 0) is 13.2 Å². The number of halogens is 1. The highest BCUT2D eigenvalue weighted by Gasteiger charge is 2.06. The van der Waals surface area contributed by atoms with Gasteiger partial charge in [-0.1, -0.05) is 60.2 Å². The van der Waals surface area contributed by atoms with E-state index in [-0.39, 0.29) is 18.3 Å². The summed E-state index contributed by atoms with van der Waals surface area (Å²) in [5.41, 5.74) is 6.49. The number of aryl methyl sites for hydroxylation is 1. The van der Waals surface area contributed by atoms with Crippen LogP contribution in [0.25, 0.3) is 0 Å². The first-order valence-electron chi connectivity index (χ1n) is 11.1. The van der Waals surface area contributed by atoms with Crippen LogP contribution in [-0.4, -0.2) is 12.1 Å². The molecule has 176 valence electrons. The van der Waals surface area contributed by atoms with Gasteiger partial charge in [-0.2, -0.15) is 5.10 Å². The number of carbonyl (C=O) groups is 1. The first-order valence-corrected chi connectivity index (χ1v) is 11.1. The Morgan fingerprint density at radius 1 is 0.857 bits per heavy atom. The molecule has 0 aliphatic carbocycles. The van der Waals surface area contributed by atoms with Crippen molar-refractivity contribution < 1.29 is 18.7 Å². The number of hydrogen-bond acceptors (Lipinski definition) is 4. The molecule has 4 aromatic rings. The Kier molecular flexibility index (Phi) is 7.86. The zero-order chi connectivity index (χ0) is 24.5. The maximum Gasteiger partial charge on any atom is 0.271 e. The molecule has 0 fully saturated rings. The summed E-state index contributed by atoms with van der Waals surface area (Å²) in [6.07, 6.45) is 1.56. The molecule has 1 N–H and O–H groups in total. The molecule has 0 unspecified atom stereocenters. The molecule has 0 atom stereocenters. The van der Waals surface area contributed by atoms with Crippen LogP contribution in [0, 0.1) is 12.7 Å². The lowest BCUT2D eigenvalue weighted by molar-refractivity contribution is 0.0955. The van der Waals surface area contributed by atoms with Gasteiger partial charge in [0.25, 0.3) is 5.91 Å². The second-order valence-electron chi connectivity index (χ2n) is 7.95. The Bertz CT molecular complexity index is 1320. The van der Waals surface area contributed by atoms with Crippen molar-refractivity contribution in [3.63, 3.8) is 0 Å². The van der Waals surface area contributed by atoms with Crippen LogP contribution in [0.5, 0.6) is 11.5 Å². The van der Waals surface area contributed by atoms with Crippen molar-refractivity contribution in [2.45, 2.75) is 20.1 Å². The predicted molar refractivity (Wildman–Crippen MR) is 134 cm³/mol. The minimum Gasteiger partial charge on any atom is -0.489 e. The molecule has 0 bridgehead atoms. The van der Waals surface area contributed by atoms with Gasteiger partial charge in [-0.25, -0.2) is 9.82 Å². The highest BCUT2D eigenvalue weighted by molar-refractivity contribution is 5.95. The third-order valence-electron chi connectivity index (χ3n) is 5.19. The van der Waals surface area contributed by atoms with Gasteiger partial charge in [0, 0.05) is 11.1 Å². The third kappa shape index (κ3) is 7.01. The maximum atomic E-state index is 13.7. The van der Waals surface area contributed by atoms with Crippen molar-refractivity contribution in [1.29, 1.82) is 0 Å². The highest BCUT2D eigenvalue weighted by Crippen LogP contribution is 2.17. The lowest BCUT2D eigenvalue weighted by Gasteiger charge is -2.08. The third-order valence-corrected chi connectivity index (χ3v) is 5.19. The molecule has 5 nitrogen and oxygen atoms in total. The van der Waals surface area contributed by atoms with Gasteiger partial charge < -0.3 is 9.47 Å². The molecule has 4 rings (SSSR count). The van der Waals surface area contributed by atoms with Crippen LogP contribution >= 0.6 is 0 Å². The van der Waals surface area contributed by atoms with Gasteiger partial charge in [0.15, 0.2) is 0 Å². The molecule has 35 heavy (non-hydrogen) atoms. The first kappa shape index (κ1) is 23.7. The summed E-state index contributed by atoms with van der Waals surface area (Å²) in [7, 11) is 0. The van der Waals surface area contributed by atoms with Gasteiger partial charge in [-0.3, -0.25) is 4.79 Å². The highest BCUT2D eigenvalue weighted by atomic mass is 19.1. The summed E-state index contributed by atoms with van der Waals surface area (Å²) in [5.74, 6) is 0.585. The zero-order valence-electron chi connectivity index (χ0n) is 19.3. The fourth-order valence-corrected chi connectivity index (χ4v) is 3.36. The SMILES string of the molecule is Cc1cccc(COc2cccc(/C=N/NC(=O)c3ccc(OCc4ccccc4F)cc3)c2)c1. The van der Waals surface area contributed by atoms with Crippen LogP contribution in [0.2, 0.25) is 0 Å². The van der Waals surface area contributed by atoms with Crippen LogP contribution in [0.4, 0.5) is 4.39 Å². The Labute approximate surface area is 203 Å². The van der Waals surface area contributed by atoms with E-state index in [0.29, 0.717) is 29.2 Å². The number of rotatable bonds is 9. The minimum absolute atomic E-state index is 0.107. The van der Waals surface area contributed by atoms with Crippen LogP contribution in [0.15, 0.2) is 102 Å². The van der Waals surface area contributed by atoms with Gasteiger partial charge in [0.05, 0.1) is 6.21 Å². The number of carbonyl (C=O) groups excluding carboxylic acids is 1. The standard InChI is InChI=1S/C29H25FN2O3/c1-21-6-4-8-23(16-21)19-34-27-10-5-7-22(17-27)18-31-32-29(33)24-12-14-26(15-13-24)35-20-25-9-2-3-11-28(25)30/h2-18H,19-20H2,1H3,(H,32,33)/b31-18+. The van der Waals surface area contributed by atoms with Gasteiger partial charge in [0.1, 0.15) is 30.5 Å². The van der Waals surface area contributed by atoms with Crippen molar-refractivity contribution in [2.75, 3.05) is 0 Å². The average Bonchev–Trinajstić information content (AvgIpc) is 2.88. The Balaban J connectivity index is 1.28. The van der Waals surface area contributed by atoms with E-state index in [9.17, 15) is 9.18 Å². The van der Waals surface area contributed by atoms with E-state index in [0.717, 1.165) is 11.1 Å². The van der Waals surface area contributed by atoms with Gasteiger partial charge in [-0.05, 0) is 60.5 Å². The van der Waals surface area contributed by atoms with Crippen molar-refractivity contribution >= 4 is 12.1 Å². The molecule has 4 aromatic carbocycles. The molecule has 0 heterocycles. The smallest absolute Gasteiger partial charge is 0.271 e. The molecule has 0 saturated heterocycles. The first-order chi connectivity index (χ1) is 17.1. The van der Waals surface area contributed by atoms with E-state index in [4.69, 9.17) is 9.47 Å². The Hall–Kier alpha value is -4.45. The molecule has 0 radical (unpaired) electrons. The molecule has 0 saturated carbocycles. The summed E-state index contributed by atoms with van der Waals surface area (Å²) in [4.78, 5) is 12.4. The van der Waals surface area contributed by atoms with Crippen molar-refractivity contribution in [3.05, 3.63) is 131 Å². The summed E-state index contributed by atoms with van der Waals surface area (Å²) in [6, 6.07) is 28.7. The second-order valence-corrected chi connectivity index (χ2v) is 7.95. The fourth-order valence-electron chi connectivity index (χ4n) is 3.36. The van der Waals surface area contributed by atoms with E-state index in [2.05, 4.69) is 16.6 Å². The van der Waals surface area contributed by atoms with Crippen molar-refractivity contribution in [3.8, 4) is 11.5 Å². The van der Waals surface area contributed by atoms with E-state index < -0.39 is 0 Å². The quantitative estimate of drug-likeness (QED) is 0.240. The Morgan fingerprint density at radius 3 is 2.43 bits per heavy atom. The fraction of sp³-hybridized carbons (Fsp3) is 0.103. The lowest BCUT2D eigenvalue weighted by atomic mass is 10.1. The largest absolute Gasteiger partial charge is 0.489 e. The summed E-state index contributed by atoms with van der Waals surface area (Å²) < 4.78 is 25.2. The van der Waals surface area contributed by atoms with E-state index >= 15 is 0 Å². The summed E-state index contributed by atoms with van der Waals surface area (Å²) in [5, 5.41) is 4.04.